The number of ketones is 1. The maximum absolute atomic E-state index is 13.7. The number of likely N-dealkylation sites (tertiary alicyclic amines) is 1. The van der Waals surface area contributed by atoms with Crippen LogP contribution < -0.4 is 5.43 Å². The molecule has 2 fully saturated rings. The molecule has 0 bridgehead atoms. The minimum Gasteiger partial charge on any atom is -0.368 e. The third-order valence-corrected chi connectivity index (χ3v) is 6.27. The molecule has 0 spiro atoms. The highest BCUT2D eigenvalue weighted by atomic mass is 19.1. The van der Waals surface area contributed by atoms with E-state index in [1.807, 2.05) is 6.07 Å². The van der Waals surface area contributed by atoms with Gasteiger partial charge in [-0.15, -0.1) is 0 Å². The van der Waals surface area contributed by atoms with E-state index < -0.39 is 12.0 Å². The van der Waals surface area contributed by atoms with Crippen molar-refractivity contribution in [2.24, 2.45) is 0 Å². The number of carbonyl (C=O) groups is 3. The van der Waals surface area contributed by atoms with Crippen LogP contribution in [0, 0.1) is 5.82 Å². The number of carbonyl (C=O) groups excluding carboxylic acids is 3. The van der Waals surface area contributed by atoms with Gasteiger partial charge < -0.3 is 9.64 Å². The Morgan fingerprint density at radius 1 is 1.12 bits per heavy atom. The Bertz CT molecular complexity index is 1210. The standard InChI is InChI=1S/C25H23FN4O4/c26-18-8-6-16(7-9-18)14-19(25(33)29-12-11-22-23(29)21(31)15-34-22)20-10-13-30(27-20)28-24(32)17-4-2-1-3-5-17/h1-10,13,19,22-23H,11-12,14-15H2,(H,28,32). The summed E-state index contributed by atoms with van der Waals surface area (Å²) in [6.07, 6.45) is 2.17. The van der Waals surface area contributed by atoms with Crippen molar-refractivity contribution in [3.63, 3.8) is 0 Å². The second-order valence-electron chi connectivity index (χ2n) is 8.46. The molecular formula is C25H23FN4O4. The van der Waals surface area contributed by atoms with Crippen molar-refractivity contribution in [2.45, 2.75) is 30.9 Å². The Morgan fingerprint density at radius 2 is 1.88 bits per heavy atom. The van der Waals surface area contributed by atoms with Gasteiger partial charge in [-0.1, -0.05) is 30.3 Å². The number of nitrogens with zero attached hydrogens (tertiary/aromatic N) is 3. The molecule has 174 valence electrons. The molecule has 0 radical (unpaired) electrons. The molecule has 2 saturated heterocycles. The van der Waals surface area contributed by atoms with Crippen LogP contribution in [0.25, 0.3) is 0 Å². The molecule has 34 heavy (non-hydrogen) atoms. The van der Waals surface area contributed by atoms with E-state index in [1.54, 1.807) is 53.6 Å². The second kappa shape index (κ2) is 9.18. The molecule has 3 atom stereocenters. The van der Waals surface area contributed by atoms with Crippen LogP contribution >= 0.6 is 0 Å². The van der Waals surface area contributed by atoms with Gasteiger partial charge in [-0.3, -0.25) is 14.4 Å². The number of halogens is 1. The first-order valence-corrected chi connectivity index (χ1v) is 11.1. The van der Waals surface area contributed by atoms with Crippen molar-refractivity contribution < 1.29 is 23.5 Å². The molecule has 2 aromatic carbocycles. The number of rotatable bonds is 6. The first-order chi connectivity index (χ1) is 16.5. The number of fused-ring (bicyclic) bond motifs is 1. The topological polar surface area (TPSA) is 93.5 Å². The monoisotopic (exact) mass is 462 g/mol. The zero-order chi connectivity index (χ0) is 23.7. The highest BCUT2D eigenvalue weighted by molar-refractivity contribution is 5.99. The Kier molecular flexibility index (Phi) is 5.93. The molecule has 9 heteroatoms. The minimum absolute atomic E-state index is 0.0158. The van der Waals surface area contributed by atoms with Crippen LogP contribution in [-0.4, -0.2) is 57.7 Å². The fourth-order valence-corrected chi connectivity index (χ4v) is 4.56. The summed E-state index contributed by atoms with van der Waals surface area (Å²) in [4.78, 5) is 41.4. The molecule has 2 amide bonds. The van der Waals surface area contributed by atoms with Gasteiger partial charge in [0.1, 0.15) is 18.5 Å². The zero-order valence-corrected chi connectivity index (χ0v) is 18.3. The van der Waals surface area contributed by atoms with Gasteiger partial charge in [-0.05, 0) is 48.7 Å². The van der Waals surface area contributed by atoms with Crippen molar-refractivity contribution in [3.05, 3.63) is 89.5 Å². The summed E-state index contributed by atoms with van der Waals surface area (Å²) in [6.45, 7) is 0.438. The highest BCUT2D eigenvalue weighted by Gasteiger charge is 2.48. The quantitative estimate of drug-likeness (QED) is 0.607. The van der Waals surface area contributed by atoms with Crippen LogP contribution in [0.2, 0.25) is 0 Å². The van der Waals surface area contributed by atoms with E-state index in [2.05, 4.69) is 10.5 Å². The fourth-order valence-electron chi connectivity index (χ4n) is 4.56. The predicted molar refractivity (Wildman–Crippen MR) is 120 cm³/mol. The van der Waals surface area contributed by atoms with E-state index in [4.69, 9.17) is 4.74 Å². The van der Waals surface area contributed by atoms with Crippen LogP contribution in [0.15, 0.2) is 66.9 Å². The Labute approximate surface area is 195 Å². The van der Waals surface area contributed by atoms with Gasteiger partial charge >= 0.3 is 0 Å². The molecule has 2 aliphatic heterocycles. The minimum atomic E-state index is -0.715. The summed E-state index contributed by atoms with van der Waals surface area (Å²) in [6, 6.07) is 15.7. The van der Waals surface area contributed by atoms with Gasteiger partial charge in [0.2, 0.25) is 5.91 Å². The molecule has 5 rings (SSSR count). The third kappa shape index (κ3) is 4.34. The van der Waals surface area contributed by atoms with Crippen LogP contribution in [-0.2, 0) is 20.7 Å². The van der Waals surface area contributed by atoms with Crippen molar-refractivity contribution in [1.29, 1.82) is 0 Å². The van der Waals surface area contributed by atoms with Crippen molar-refractivity contribution in [1.82, 2.24) is 14.8 Å². The molecule has 1 aromatic heterocycles. The lowest BCUT2D eigenvalue weighted by Gasteiger charge is -2.26. The van der Waals surface area contributed by atoms with Crippen molar-refractivity contribution >= 4 is 17.6 Å². The van der Waals surface area contributed by atoms with Gasteiger partial charge in [-0.2, -0.15) is 9.89 Å². The largest absolute Gasteiger partial charge is 0.368 e. The molecule has 8 nitrogen and oxygen atoms in total. The molecule has 2 aliphatic rings. The van der Waals surface area contributed by atoms with E-state index in [0.29, 0.717) is 24.2 Å². The Morgan fingerprint density at radius 3 is 2.65 bits per heavy atom. The predicted octanol–water partition coefficient (Wildman–Crippen LogP) is 2.30. The first kappa shape index (κ1) is 22.0. The molecule has 3 aromatic rings. The zero-order valence-electron chi connectivity index (χ0n) is 18.3. The number of ether oxygens (including phenoxy) is 1. The van der Waals surface area contributed by atoms with E-state index in [0.717, 1.165) is 5.56 Å². The number of hydrogen-bond acceptors (Lipinski definition) is 5. The van der Waals surface area contributed by atoms with Gasteiger partial charge in [0, 0.05) is 18.3 Å². The van der Waals surface area contributed by atoms with Gasteiger partial charge in [0.05, 0.1) is 17.7 Å². The van der Waals surface area contributed by atoms with Crippen LogP contribution in [0.3, 0.4) is 0 Å². The summed E-state index contributed by atoms with van der Waals surface area (Å²) < 4.78 is 18.9. The summed E-state index contributed by atoms with van der Waals surface area (Å²) in [5.74, 6) is -1.76. The maximum atomic E-state index is 13.7. The van der Waals surface area contributed by atoms with E-state index in [1.165, 1.54) is 16.9 Å². The molecule has 3 heterocycles. The molecule has 0 saturated carbocycles. The van der Waals surface area contributed by atoms with Gasteiger partial charge in [0.15, 0.2) is 5.78 Å². The SMILES string of the molecule is O=C(Nn1ccc(C(Cc2ccc(F)cc2)C(=O)N2CCC3OCC(=O)C32)n1)c1ccccc1. The lowest BCUT2D eigenvalue weighted by atomic mass is 9.94. The van der Waals surface area contributed by atoms with Crippen molar-refractivity contribution in [3.8, 4) is 0 Å². The average Bonchev–Trinajstić information content (AvgIpc) is 3.57. The second-order valence-corrected chi connectivity index (χ2v) is 8.46. The summed E-state index contributed by atoms with van der Waals surface area (Å²) >= 11 is 0. The summed E-state index contributed by atoms with van der Waals surface area (Å²) in [5, 5.41) is 4.43. The number of amides is 2. The third-order valence-electron chi connectivity index (χ3n) is 6.27. The first-order valence-electron chi connectivity index (χ1n) is 11.1. The lowest BCUT2D eigenvalue weighted by molar-refractivity contribution is -0.137. The van der Waals surface area contributed by atoms with E-state index >= 15 is 0 Å². The maximum Gasteiger partial charge on any atom is 0.271 e. The average molecular weight is 462 g/mol. The molecule has 1 N–H and O–H groups in total. The van der Waals surface area contributed by atoms with E-state index in [9.17, 15) is 18.8 Å². The van der Waals surface area contributed by atoms with Crippen LogP contribution in [0.1, 0.15) is 34.0 Å². The van der Waals surface area contributed by atoms with Gasteiger partial charge in [-0.25, -0.2) is 9.82 Å². The number of Topliss-reactive ketones (excluding diaryl/α,β-unsaturated/α-hetero) is 1. The molecule has 3 unspecified atom stereocenters. The number of nitrogens with one attached hydrogen (secondary N) is 1. The normalized spacial score (nSPS) is 20.3. The Balaban J connectivity index is 1.40. The number of hydrogen-bond donors (Lipinski definition) is 1. The summed E-state index contributed by atoms with van der Waals surface area (Å²) in [7, 11) is 0. The molecule has 0 aliphatic carbocycles. The van der Waals surface area contributed by atoms with Crippen molar-refractivity contribution in [2.75, 3.05) is 18.6 Å². The van der Waals surface area contributed by atoms with Gasteiger partial charge in [0.25, 0.3) is 5.91 Å². The smallest absolute Gasteiger partial charge is 0.271 e. The molecular weight excluding hydrogens is 439 g/mol. The van der Waals surface area contributed by atoms with Crippen LogP contribution in [0.5, 0.6) is 0 Å². The Hall–Kier alpha value is -3.85. The summed E-state index contributed by atoms with van der Waals surface area (Å²) in [5.41, 5.74) is 4.35. The van der Waals surface area contributed by atoms with E-state index in [-0.39, 0.29) is 42.5 Å². The fraction of sp³-hybridized carbons (Fsp3) is 0.280. The number of aromatic nitrogens is 2. The number of benzene rings is 2. The highest BCUT2D eigenvalue weighted by Crippen LogP contribution is 2.31. The lowest BCUT2D eigenvalue weighted by Crippen LogP contribution is -2.44. The van der Waals surface area contributed by atoms with Crippen LogP contribution in [0.4, 0.5) is 4.39 Å².